The summed E-state index contributed by atoms with van der Waals surface area (Å²) in [7, 11) is -8.50. The molecule has 0 aliphatic heterocycles. The van der Waals surface area contributed by atoms with Crippen molar-refractivity contribution in [3.05, 3.63) is 29.8 Å². The molecule has 2 aromatic rings. The Morgan fingerprint density at radius 3 is 2.19 bits per heavy atom. The van der Waals surface area contributed by atoms with Gasteiger partial charge in [-0.3, -0.25) is 0 Å². The Morgan fingerprint density at radius 1 is 1.10 bits per heavy atom. The van der Waals surface area contributed by atoms with Crippen LogP contribution in [-0.4, -0.2) is 38.1 Å². The van der Waals surface area contributed by atoms with Crippen LogP contribution in [0.15, 0.2) is 37.8 Å². The van der Waals surface area contributed by atoms with Crippen LogP contribution in [0.2, 0.25) is 0 Å². The van der Waals surface area contributed by atoms with E-state index in [4.69, 9.17) is 10.2 Å². The number of hydrogen-bond acceptors (Lipinski definition) is 8. The van der Waals surface area contributed by atoms with E-state index < -0.39 is 45.0 Å². The van der Waals surface area contributed by atoms with Crippen molar-refractivity contribution >= 4 is 37.2 Å². The second-order valence-electron chi connectivity index (χ2n) is 3.68. The van der Waals surface area contributed by atoms with Gasteiger partial charge in [0.05, 0.1) is 10.5 Å². The molecule has 1 aromatic heterocycles. The summed E-state index contributed by atoms with van der Waals surface area (Å²) >= 11 is 0.246. The number of aromatic nitrogens is 2. The van der Waals surface area contributed by atoms with Gasteiger partial charge in [-0.1, -0.05) is 23.5 Å². The van der Waals surface area contributed by atoms with E-state index in [-0.39, 0.29) is 11.3 Å². The average Bonchev–Trinajstić information content (AvgIpc) is 2.88. The van der Waals surface area contributed by atoms with Crippen LogP contribution in [0.3, 0.4) is 0 Å². The summed E-state index contributed by atoms with van der Waals surface area (Å²) < 4.78 is 45.5. The van der Waals surface area contributed by atoms with E-state index in [0.29, 0.717) is 0 Å². The van der Waals surface area contributed by atoms with Crippen molar-refractivity contribution in [1.29, 1.82) is 0 Å². The molecule has 9 nitrogen and oxygen atoms in total. The highest BCUT2D eigenvalue weighted by Gasteiger charge is 2.29. The fraction of sp³-hybridized carbons (Fsp3) is 0. The van der Waals surface area contributed by atoms with E-state index >= 15 is 0 Å². The normalized spacial score (nSPS) is 12.2. The maximum atomic E-state index is 12.3. The second-order valence-corrected chi connectivity index (χ2v) is 8.49. The molecule has 2 rings (SSSR count). The first-order chi connectivity index (χ1) is 9.64. The van der Waals surface area contributed by atoms with Crippen LogP contribution in [0.1, 0.15) is 10.4 Å². The van der Waals surface area contributed by atoms with E-state index in [2.05, 4.69) is 10.2 Å². The van der Waals surface area contributed by atoms with Gasteiger partial charge in [0.25, 0.3) is 10.0 Å². The standard InChI is InChI=1S/C9H7N3O6S3/c10-21(17,18)9-12-11-8(19-9)20(15,16)6-4-2-1-3-5(6)7(13)14/h1-4H,(H,13,14)(H2,10,17,18). The SMILES string of the molecule is NS(=O)(=O)c1nnc(S(=O)(=O)c2ccccc2C(=O)O)s1. The summed E-state index contributed by atoms with van der Waals surface area (Å²) in [5.74, 6) is -1.44. The number of sulfonamides is 1. The van der Waals surface area contributed by atoms with E-state index in [9.17, 15) is 21.6 Å². The number of nitrogens with zero attached hydrogens (tertiary/aromatic N) is 2. The van der Waals surface area contributed by atoms with Crippen molar-refractivity contribution in [2.24, 2.45) is 5.14 Å². The van der Waals surface area contributed by atoms with Gasteiger partial charge in [-0.25, -0.2) is 26.8 Å². The maximum Gasteiger partial charge on any atom is 0.337 e. The summed E-state index contributed by atoms with van der Waals surface area (Å²) in [6, 6.07) is 4.88. The van der Waals surface area contributed by atoms with E-state index in [1.165, 1.54) is 12.1 Å². The molecular weight excluding hydrogens is 342 g/mol. The minimum atomic E-state index is -4.31. The minimum Gasteiger partial charge on any atom is -0.478 e. The molecule has 0 atom stereocenters. The number of carbonyl (C=O) groups is 1. The lowest BCUT2D eigenvalue weighted by atomic mass is 10.2. The first-order valence-corrected chi connectivity index (χ1v) is 8.92. The second kappa shape index (κ2) is 5.14. The third-order valence-electron chi connectivity index (χ3n) is 2.27. The van der Waals surface area contributed by atoms with Gasteiger partial charge < -0.3 is 5.11 Å². The fourth-order valence-corrected chi connectivity index (χ4v) is 4.70. The number of primary sulfonamides is 1. The largest absolute Gasteiger partial charge is 0.478 e. The van der Waals surface area contributed by atoms with Gasteiger partial charge in [-0.2, -0.15) is 0 Å². The zero-order valence-electron chi connectivity index (χ0n) is 9.99. The Kier molecular flexibility index (Phi) is 3.79. The molecule has 0 saturated carbocycles. The molecule has 0 fully saturated rings. The Hall–Kier alpha value is -1.89. The molecule has 0 amide bonds. The van der Waals surface area contributed by atoms with Crippen molar-refractivity contribution < 1.29 is 26.7 Å². The molecule has 0 aliphatic rings. The first-order valence-electron chi connectivity index (χ1n) is 5.08. The summed E-state index contributed by atoms with van der Waals surface area (Å²) in [6.07, 6.45) is 0. The van der Waals surface area contributed by atoms with Crippen molar-refractivity contribution in [1.82, 2.24) is 10.2 Å². The smallest absolute Gasteiger partial charge is 0.337 e. The molecule has 0 spiro atoms. The Balaban J connectivity index is 2.64. The molecule has 112 valence electrons. The summed E-state index contributed by atoms with van der Waals surface area (Å²) in [4.78, 5) is 10.5. The lowest BCUT2D eigenvalue weighted by molar-refractivity contribution is 0.0692. The number of carboxylic acid groups (broad SMARTS) is 1. The number of nitrogens with two attached hydrogens (primary N) is 1. The summed E-state index contributed by atoms with van der Waals surface area (Å²) in [5.41, 5.74) is -0.454. The third kappa shape index (κ3) is 2.92. The predicted octanol–water partition coefficient (Wildman–Crippen LogP) is -0.283. The van der Waals surface area contributed by atoms with Gasteiger partial charge in [0.2, 0.25) is 18.5 Å². The number of carboxylic acids is 1. The van der Waals surface area contributed by atoms with E-state index in [1.807, 2.05) is 0 Å². The summed E-state index contributed by atoms with van der Waals surface area (Å²) in [5, 5.41) is 20.3. The molecule has 12 heteroatoms. The predicted molar refractivity (Wildman–Crippen MR) is 70.1 cm³/mol. The molecule has 3 N–H and O–H groups in total. The minimum absolute atomic E-state index is 0.246. The van der Waals surface area contributed by atoms with E-state index in [1.54, 1.807) is 0 Å². The highest BCUT2D eigenvalue weighted by atomic mass is 32.3. The van der Waals surface area contributed by atoms with Crippen molar-refractivity contribution in [2.75, 3.05) is 0 Å². The van der Waals surface area contributed by atoms with Gasteiger partial charge in [0.15, 0.2) is 0 Å². The third-order valence-corrected chi connectivity index (χ3v) is 6.68. The quantitative estimate of drug-likeness (QED) is 0.762. The summed E-state index contributed by atoms with van der Waals surface area (Å²) in [6.45, 7) is 0. The molecule has 0 bridgehead atoms. The van der Waals surface area contributed by atoms with Gasteiger partial charge in [0.1, 0.15) is 0 Å². The molecule has 0 radical (unpaired) electrons. The number of sulfone groups is 1. The molecule has 0 aliphatic carbocycles. The van der Waals surface area contributed by atoms with Crippen LogP contribution in [0.5, 0.6) is 0 Å². The average molecular weight is 349 g/mol. The van der Waals surface area contributed by atoms with Gasteiger partial charge >= 0.3 is 5.97 Å². The maximum absolute atomic E-state index is 12.3. The molecule has 0 unspecified atom stereocenters. The monoisotopic (exact) mass is 349 g/mol. The van der Waals surface area contributed by atoms with Gasteiger partial charge in [-0.15, -0.1) is 10.2 Å². The fourth-order valence-electron chi connectivity index (χ4n) is 1.39. The van der Waals surface area contributed by atoms with Gasteiger partial charge in [0, 0.05) is 0 Å². The molecule has 0 saturated heterocycles. The highest BCUT2D eigenvalue weighted by Crippen LogP contribution is 2.27. The molecule has 21 heavy (non-hydrogen) atoms. The van der Waals surface area contributed by atoms with Crippen LogP contribution < -0.4 is 5.14 Å². The molecule has 1 aromatic carbocycles. The van der Waals surface area contributed by atoms with Gasteiger partial charge in [-0.05, 0) is 12.1 Å². The molecular formula is C9H7N3O6S3. The zero-order valence-corrected chi connectivity index (χ0v) is 12.4. The van der Waals surface area contributed by atoms with Crippen molar-refractivity contribution in [3.63, 3.8) is 0 Å². The Labute approximate surface area is 123 Å². The highest BCUT2D eigenvalue weighted by molar-refractivity contribution is 7.95. The van der Waals surface area contributed by atoms with Crippen LogP contribution in [0.4, 0.5) is 0 Å². The van der Waals surface area contributed by atoms with Crippen LogP contribution in [-0.2, 0) is 19.9 Å². The zero-order chi connectivity index (χ0) is 15.8. The lowest BCUT2D eigenvalue weighted by Crippen LogP contribution is -2.11. The first kappa shape index (κ1) is 15.5. The Morgan fingerprint density at radius 2 is 1.67 bits per heavy atom. The topological polar surface area (TPSA) is 157 Å². The van der Waals surface area contributed by atoms with Crippen molar-refractivity contribution in [2.45, 2.75) is 13.6 Å². The number of rotatable bonds is 4. The van der Waals surface area contributed by atoms with Crippen LogP contribution in [0.25, 0.3) is 0 Å². The van der Waals surface area contributed by atoms with E-state index in [0.717, 1.165) is 12.1 Å². The number of hydrogen-bond donors (Lipinski definition) is 2. The van der Waals surface area contributed by atoms with Crippen LogP contribution in [0, 0.1) is 0 Å². The van der Waals surface area contributed by atoms with Crippen molar-refractivity contribution in [3.8, 4) is 0 Å². The number of aromatic carboxylic acids is 1. The number of benzene rings is 1. The lowest BCUT2D eigenvalue weighted by Gasteiger charge is -2.03. The molecule has 1 heterocycles. The van der Waals surface area contributed by atoms with Crippen LogP contribution >= 0.6 is 11.3 Å². The Bertz CT molecular complexity index is 916.